The molecule has 0 saturated carbocycles. The van der Waals surface area contributed by atoms with Crippen LogP contribution in [0.15, 0.2) is 71.8 Å². The zero-order valence-electron chi connectivity index (χ0n) is 15.9. The lowest BCUT2D eigenvalue weighted by molar-refractivity contribution is -0.129. The third-order valence-corrected chi connectivity index (χ3v) is 5.35. The first kappa shape index (κ1) is 18.4. The number of rotatable bonds is 7. The van der Waals surface area contributed by atoms with Gasteiger partial charge < -0.3 is 4.90 Å². The van der Waals surface area contributed by atoms with Gasteiger partial charge in [-0.25, -0.2) is 0 Å². The molecule has 0 aliphatic carbocycles. The molecular weight excluding hydrogens is 320 g/mol. The molecule has 2 unspecified atom stereocenters. The summed E-state index contributed by atoms with van der Waals surface area (Å²) in [6.07, 6.45) is 1.92. The van der Waals surface area contributed by atoms with Gasteiger partial charge in [0.05, 0.1) is 0 Å². The maximum Gasteiger partial charge on any atom is 0.251 e. The summed E-state index contributed by atoms with van der Waals surface area (Å²) >= 11 is 0. The Morgan fingerprint density at radius 1 is 0.962 bits per heavy atom. The molecule has 136 valence electrons. The van der Waals surface area contributed by atoms with Crippen LogP contribution in [0.1, 0.15) is 38.3 Å². The standard InChI is InChI=1S/C23H28N2O/c1-17(14-15-20-10-6-4-7-11-20)25-22(18(2)19(3)23(25)26)24-16-21-12-8-5-9-13-21/h4-13,17,22,24H,14-16H2,1-3H3. The number of nitrogens with one attached hydrogen (secondary N) is 1. The summed E-state index contributed by atoms with van der Waals surface area (Å²) < 4.78 is 0. The number of benzene rings is 2. The molecule has 0 aromatic heterocycles. The Bertz CT molecular complexity index is 767. The largest absolute Gasteiger partial charge is 0.317 e. The van der Waals surface area contributed by atoms with E-state index in [1.165, 1.54) is 11.1 Å². The first-order chi connectivity index (χ1) is 12.6. The summed E-state index contributed by atoms with van der Waals surface area (Å²) in [7, 11) is 0. The molecule has 3 rings (SSSR count). The van der Waals surface area contributed by atoms with Gasteiger partial charge in [-0.2, -0.15) is 0 Å². The maximum absolute atomic E-state index is 12.8. The van der Waals surface area contributed by atoms with Crippen molar-refractivity contribution in [2.24, 2.45) is 0 Å². The van der Waals surface area contributed by atoms with E-state index in [2.05, 4.69) is 55.6 Å². The SMILES string of the molecule is CC1=C(C)C(NCc2ccccc2)N(C(C)CCc2ccccc2)C1=O. The fourth-order valence-corrected chi connectivity index (χ4v) is 3.57. The summed E-state index contributed by atoms with van der Waals surface area (Å²) in [6.45, 7) is 6.92. The predicted octanol–water partition coefficient (Wildman–Crippen LogP) is 4.30. The van der Waals surface area contributed by atoms with E-state index in [1.807, 2.05) is 36.1 Å². The van der Waals surface area contributed by atoms with E-state index >= 15 is 0 Å². The molecule has 3 heteroatoms. The highest BCUT2D eigenvalue weighted by Gasteiger charge is 2.37. The third-order valence-electron chi connectivity index (χ3n) is 5.35. The number of carbonyl (C=O) groups is 1. The maximum atomic E-state index is 12.8. The van der Waals surface area contributed by atoms with Gasteiger partial charge in [0, 0.05) is 18.2 Å². The Kier molecular flexibility index (Phi) is 5.89. The van der Waals surface area contributed by atoms with Crippen molar-refractivity contribution in [2.75, 3.05) is 0 Å². The fourth-order valence-electron chi connectivity index (χ4n) is 3.57. The van der Waals surface area contributed by atoms with Gasteiger partial charge in [0.15, 0.2) is 0 Å². The Morgan fingerprint density at radius 2 is 1.54 bits per heavy atom. The molecule has 1 aliphatic heterocycles. The molecule has 3 nitrogen and oxygen atoms in total. The number of nitrogens with zero attached hydrogens (tertiary/aromatic N) is 1. The molecule has 2 aromatic rings. The summed E-state index contributed by atoms with van der Waals surface area (Å²) in [5.74, 6) is 0.161. The van der Waals surface area contributed by atoms with E-state index in [9.17, 15) is 4.79 Å². The van der Waals surface area contributed by atoms with Crippen molar-refractivity contribution in [3.8, 4) is 0 Å². The van der Waals surface area contributed by atoms with Gasteiger partial charge in [0.25, 0.3) is 5.91 Å². The van der Waals surface area contributed by atoms with E-state index in [0.717, 1.165) is 30.5 Å². The fraction of sp³-hybridized carbons (Fsp3) is 0.348. The normalized spacial score (nSPS) is 18.5. The van der Waals surface area contributed by atoms with Crippen LogP contribution in [0.2, 0.25) is 0 Å². The Labute approximate surface area is 156 Å². The number of amides is 1. The second-order valence-corrected chi connectivity index (χ2v) is 7.16. The lowest BCUT2D eigenvalue weighted by atomic mass is 10.0. The van der Waals surface area contributed by atoms with Crippen molar-refractivity contribution in [3.05, 3.63) is 82.9 Å². The molecule has 2 aromatic carbocycles. The Hall–Kier alpha value is -2.39. The Balaban J connectivity index is 1.67. The predicted molar refractivity (Wildman–Crippen MR) is 107 cm³/mol. The average Bonchev–Trinajstić information content (AvgIpc) is 2.90. The van der Waals surface area contributed by atoms with Crippen molar-refractivity contribution in [2.45, 2.75) is 52.4 Å². The molecule has 0 bridgehead atoms. The topological polar surface area (TPSA) is 32.3 Å². The highest BCUT2D eigenvalue weighted by Crippen LogP contribution is 2.27. The van der Waals surface area contributed by atoms with Crippen LogP contribution < -0.4 is 5.32 Å². The van der Waals surface area contributed by atoms with Crippen LogP contribution in [-0.4, -0.2) is 23.0 Å². The molecule has 0 saturated heterocycles. The molecule has 1 N–H and O–H groups in total. The number of hydrogen-bond acceptors (Lipinski definition) is 2. The average molecular weight is 348 g/mol. The highest BCUT2D eigenvalue weighted by atomic mass is 16.2. The minimum absolute atomic E-state index is 0.0199. The van der Waals surface area contributed by atoms with E-state index < -0.39 is 0 Å². The molecule has 2 atom stereocenters. The van der Waals surface area contributed by atoms with Crippen LogP contribution in [-0.2, 0) is 17.8 Å². The van der Waals surface area contributed by atoms with Gasteiger partial charge in [0.1, 0.15) is 6.17 Å². The smallest absolute Gasteiger partial charge is 0.251 e. The van der Waals surface area contributed by atoms with Crippen LogP contribution in [0.5, 0.6) is 0 Å². The van der Waals surface area contributed by atoms with Crippen molar-refractivity contribution in [1.82, 2.24) is 10.2 Å². The molecule has 1 amide bonds. The van der Waals surface area contributed by atoms with Crippen LogP contribution in [0.3, 0.4) is 0 Å². The van der Waals surface area contributed by atoms with E-state index in [1.54, 1.807) is 0 Å². The summed E-state index contributed by atoms with van der Waals surface area (Å²) in [6, 6.07) is 21.0. The van der Waals surface area contributed by atoms with Crippen molar-refractivity contribution < 1.29 is 4.79 Å². The monoisotopic (exact) mass is 348 g/mol. The highest BCUT2D eigenvalue weighted by molar-refractivity contribution is 5.97. The van der Waals surface area contributed by atoms with Crippen LogP contribution in [0, 0.1) is 0 Å². The molecule has 0 spiro atoms. The minimum atomic E-state index is -0.0199. The van der Waals surface area contributed by atoms with Crippen LogP contribution in [0.25, 0.3) is 0 Å². The Morgan fingerprint density at radius 3 is 2.15 bits per heavy atom. The molecule has 1 heterocycles. The van der Waals surface area contributed by atoms with E-state index in [-0.39, 0.29) is 18.1 Å². The van der Waals surface area contributed by atoms with Crippen molar-refractivity contribution >= 4 is 5.91 Å². The van der Waals surface area contributed by atoms with Crippen LogP contribution >= 0.6 is 0 Å². The first-order valence-electron chi connectivity index (χ1n) is 9.39. The first-order valence-corrected chi connectivity index (χ1v) is 9.39. The minimum Gasteiger partial charge on any atom is -0.317 e. The van der Waals surface area contributed by atoms with Gasteiger partial charge in [0.2, 0.25) is 0 Å². The van der Waals surface area contributed by atoms with Gasteiger partial charge in [-0.3, -0.25) is 10.1 Å². The van der Waals surface area contributed by atoms with Gasteiger partial charge in [-0.05, 0) is 50.3 Å². The third kappa shape index (κ3) is 4.05. The van der Waals surface area contributed by atoms with E-state index in [0.29, 0.717) is 0 Å². The zero-order chi connectivity index (χ0) is 18.5. The summed E-state index contributed by atoms with van der Waals surface area (Å²) in [5.41, 5.74) is 4.56. The van der Waals surface area contributed by atoms with Gasteiger partial charge >= 0.3 is 0 Å². The van der Waals surface area contributed by atoms with E-state index in [4.69, 9.17) is 0 Å². The summed E-state index contributed by atoms with van der Waals surface area (Å²) in [4.78, 5) is 14.8. The lowest BCUT2D eigenvalue weighted by Crippen LogP contribution is -2.49. The van der Waals surface area contributed by atoms with Gasteiger partial charge in [-0.1, -0.05) is 60.7 Å². The molecule has 26 heavy (non-hydrogen) atoms. The molecule has 0 fully saturated rings. The van der Waals surface area contributed by atoms with Crippen LogP contribution in [0.4, 0.5) is 0 Å². The lowest BCUT2D eigenvalue weighted by Gasteiger charge is -2.33. The van der Waals surface area contributed by atoms with Crippen molar-refractivity contribution in [3.63, 3.8) is 0 Å². The second kappa shape index (κ2) is 8.33. The number of carbonyl (C=O) groups excluding carboxylic acids is 1. The molecule has 1 aliphatic rings. The van der Waals surface area contributed by atoms with Crippen molar-refractivity contribution in [1.29, 1.82) is 0 Å². The zero-order valence-corrected chi connectivity index (χ0v) is 15.9. The number of aryl methyl sites for hydroxylation is 1. The molecule has 0 radical (unpaired) electrons. The van der Waals surface area contributed by atoms with Gasteiger partial charge in [-0.15, -0.1) is 0 Å². The molecular formula is C23H28N2O. The second-order valence-electron chi connectivity index (χ2n) is 7.16. The number of hydrogen-bond donors (Lipinski definition) is 1. The quantitative estimate of drug-likeness (QED) is 0.809. The summed E-state index contributed by atoms with van der Waals surface area (Å²) in [5, 5.41) is 3.58.